The number of hydrazine groups is 1. The summed E-state index contributed by atoms with van der Waals surface area (Å²) in [7, 11) is 0. The molecule has 0 saturated heterocycles. The van der Waals surface area contributed by atoms with E-state index in [1.807, 2.05) is 0 Å². The van der Waals surface area contributed by atoms with E-state index in [0.29, 0.717) is 50.2 Å². The van der Waals surface area contributed by atoms with Crippen molar-refractivity contribution in [3.8, 4) is 0 Å². The first-order valence-electron chi connectivity index (χ1n) is 19.2. The first-order chi connectivity index (χ1) is 28.2. The van der Waals surface area contributed by atoms with E-state index in [2.05, 4.69) is 36.7 Å². The Bertz CT molecular complexity index is 1560. The number of amides is 6. The second kappa shape index (κ2) is 27.6. The van der Waals surface area contributed by atoms with Crippen LogP contribution in [0.3, 0.4) is 0 Å². The second-order valence-corrected chi connectivity index (χ2v) is 14.5. The minimum atomic E-state index is -1.60. The number of anilines is 1. The highest BCUT2D eigenvalue weighted by Gasteiger charge is 2.62. The molecule has 0 spiro atoms. The minimum Gasteiger partial charge on any atom is -0.480 e. The first-order valence-corrected chi connectivity index (χ1v) is 20.2. The van der Waals surface area contributed by atoms with Gasteiger partial charge in [0.1, 0.15) is 24.2 Å². The van der Waals surface area contributed by atoms with Crippen molar-refractivity contribution in [3.63, 3.8) is 0 Å². The number of benzene rings is 1. The van der Waals surface area contributed by atoms with Gasteiger partial charge < -0.3 is 63.1 Å². The number of nitrogens with one attached hydrogen (secondary N) is 7. The number of rotatable bonds is 33. The smallest absolute Gasteiger partial charge is 0.329 e. The molecule has 1 aliphatic carbocycles. The standard InChI is InChI=1S/C36H58N10O12S/c37-12-14-40-25-8-6-23(7-9-25)33(52)42-13-2-1-4-26(32(38)51)43-31(50)22-58-18-17-57-16-15-41-28(47)11-10-27(34(53)54)44-30(49)20-24-21-36(24,35(55)56)45-29(48)5-3-19-59-46-39/h6-9,24,26-27,40,46H,1-5,10-22,37,39H2,(H2,38,51)(H,41,47)(H,42,52)(H,43,50)(H,44,49)(H,45,48)(H,53,54)(H,55,56)/t24?,26-,27-,36?/m0/s1. The summed E-state index contributed by atoms with van der Waals surface area (Å²) in [6, 6.07) is 4.65. The molecule has 0 radical (unpaired) electrons. The number of hydrogen-bond acceptors (Lipinski definition) is 15. The van der Waals surface area contributed by atoms with Crippen molar-refractivity contribution in [3.05, 3.63) is 29.8 Å². The van der Waals surface area contributed by atoms with E-state index in [9.17, 15) is 48.6 Å². The Morgan fingerprint density at radius 1 is 0.797 bits per heavy atom. The molecular weight excluding hydrogens is 797 g/mol. The van der Waals surface area contributed by atoms with Crippen molar-refractivity contribution in [2.45, 2.75) is 75.4 Å². The fourth-order valence-electron chi connectivity index (χ4n) is 5.72. The zero-order chi connectivity index (χ0) is 43.6. The van der Waals surface area contributed by atoms with Gasteiger partial charge in [0.2, 0.25) is 29.5 Å². The average Bonchev–Trinajstić information content (AvgIpc) is 3.89. The molecule has 0 heterocycles. The van der Waals surface area contributed by atoms with Gasteiger partial charge in [-0.3, -0.25) is 34.6 Å². The van der Waals surface area contributed by atoms with E-state index in [0.717, 1.165) is 5.69 Å². The van der Waals surface area contributed by atoms with E-state index in [1.165, 1.54) is 11.9 Å². The minimum absolute atomic E-state index is 0.0139. The van der Waals surface area contributed by atoms with Crippen molar-refractivity contribution >= 4 is 65.0 Å². The molecule has 59 heavy (non-hydrogen) atoms. The zero-order valence-corrected chi connectivity index (χ0v) is 33.7. The first kappa shape index (κ1) is 50.1. The number of carbonyl (C=O) groups is 8. The summed E-state index contributed by atoms with van der Waals surface area (Å²) in [6.07, 6.45) is 1.06. The Kier molecular flexibility index (Phi) is 23.4. The van der Waals surface area contributed by atoms with Crippen LogP contribution in [0.1, 0.15) is 68.1 Å². The molecular formula is C36H58N10O12S. The molecule has 2 rings (SSSR count). The summed E-state index contributed by atoms with van der Waals surface area (Å²) in [5.74, 6) is -0.917. The molecule has 1 fully saturated rings. The van der Waals surface area contributed by atoms with Gasteiger partial charge in [-0.2, -0.15) is 0 Å². The molecule has 1 aromatic carbocycles. The molecule has 330 valence electrons. The number of primary amides is 1. The number of unbranched alkanes of at least 4 members (excludes halogenated alkanes) is 1. The summed E-state index contributed by atoms with van der Waals surface area (Å²) in [5, 5.41) is 35.0. The van der Waals surface area contributed by atoms with E-state index in [4.69, 9.17) is 26.8 Å². The van der Waals surface area contributed by atoms with Crippen LogP contribution in [0.5, 0.6) is 0 Å². The van der Waals surface area contributed by atoms with Crippen molar-refractivity contribution in [1.29, 1.82) is 0 Å². The van der Waals surface area contributed by atoms with Crippen LogP contribution in [0.4, 0.5) is 5.69 Å². The molecule has 4 atom stereocenters. The number of nitrogens with two attached hydrogens (primary N) is 3. The normalized spacial score (nSPS) is 16.5. The Balaban J connectivity index is 1.55. The third kappa shape index (κ3) is 20.0. The lowest BCUT2D eigenvalue weighted by molar-refractivity contribution is -0.144. The van der Waals surface area contributed by atoms with Crippen LogP contribution >= 0.6 is 11.9 Å². The fraction of sp³-hybridized carbons (Fsp3) is 0.611. The van der Waals surface area contributed by atoms with Gasteiger partial charge in [0, 0.05) is 68.4 Å². The van der Waals surface area contributed by atoms with Crippen LogP contribution in [-0.2, 0) is 43.0 Å². The molecule has 23 heteroatoms. The number of carbonyl (C=O) groups excluding carboxylic acids is 6. The van der Waals surface area contributed by atoms with Crippen molar-refractivity contribution in [2.24, 2.45) is 23.2 Å². The van der Waals surface area contributed by atoms with E-state index < -0.39 is 65.0 Å². The highest BCUT2D eigenvalue weighted by atomic mass is 32.2. The van der Waals surface area contributed by atoms with Gasteiger partial charge in [0.05, 0.1) is 19.8 Å². The third-order valence-corrected chi connectivity index (χ3v) is 9.65. The van der Waals surface area contributed by atoms with Crippen LogP contribution in [0, 0.1) is 5.92 Å². The molecule has 6 amide bonds. The fourth-order valence-corrected chi connectivity index (χ4v) is 6.13. The number of hydrogen-bond donors (Lipinski definition) is 12. The molecule has 1 aromatic rings. The highest BCUT2D eigenvalue weighted by Crippen LogP contribution is 2.46. The van der Waals surface area contributed by atoms with Crippen molar-refractivity contribution in [2.75, 3.05) is 63.7 Å². The largest absolute Gasteiger partial charge is 0.480 e. The summed E-state index contributed by atoms with van der Waals surface area (Å²) in [6.45, 7) is 1.39. The van der Waals surface area contributed by atoms with Gasteiger partial charge in [0.25, 0.3) is 5.91 Å². The number of carboxylic acids is 2. The molecule has 0 bridgehead atoms. The van der Waals surface area contributed by atoms with E-state index >= 15 is 0 Å². The van der Waals surface area contributed by atoms with Crippen LogP contribution < -0.4 is 54.0 Å². The Labute approximate surface area is 346 Å². The maximum Gasteiger partial charge on any atom is 0.329 e. The molecule has 1 saturated carbocycles. The number of aliphatic carboxylic acids is 2. The quantitative estimate of drug-likeness (QED) is 0.0153. The molecule has 2 unspecified atom stereocenters. The SMILES string of the molecule is NCCNc1ccc(C(=O)NCCCC[C@H](NC(=O)COCCOCCNC(=O)CC[C@H](NC(=O)CC2CC2(NC(=O)CCCSNN)C(=O)O)C(=O)O)C(N)=O)cc1. The Morgan fingerprint density at radius 2 is 1.51 bits per heavy atom. The predicted molar refractivity (Wildman–Crippen MR) is 215 cm³/mol. The van der Waals surface area contributed by atoms with Crippen LogP contribution in [0.25, 0.3) is 0 Å². The van der Waals surface area contributed by atoms with Crippen LogP contribution in [-0.4, -0.2) is 134 Å². The lowest BCUT2D eigenvalue weighted by atomic mass is 10.1. The summed E-state index contributed by atoms with van der Waals surface area (Å²) >= 11 is 1.19. The van der Waals surface area contributed by atoms with E-state index in [1.54, 1.807) is 24.3 Å². The van der Waals surface area contributed by atoms with Gasteiger partial charge in [-0.25, -0.2) is 14.4 Å². The predicted octanol–water partition coefficient (Wildman–Crippen LogP) is -2.33. The monoisotopic (exact) mass is 854 g/mol. The number of carboxylic acid groups (broad SMARTS) is 2. The summed E-state index contributed by atoms with van der Waals surface area (Å²) in [5.41, 5.74) is 10.7. The third-order valence-electron chi connectivity index (χ3n) is 8.99. The maximum absolute atomic E-state index is 12.6. The molecule has 22 nitrogen and oxygen atoms in total. The van der Waals surface area contributed by atoms with Crippen LogP contribution in [0.2, 0.25) is 0 Å². The van der Waals surface area contributed by atoms with Gasteiger partial charge >= 0.3 is 11.9 Å². The Hall–Kier alpha value is -5.07. The lowest BCUT2D eigenvalue weighted by Crippen LogP contribution is -2.46. The maximum atomic E-state index is 12.6. The zero-order valence-electron chi connectivity index (χ0n) is 32.9. The lowest BCUT2D eigenvalue weighted by Gasteiger charge is -2.17. The Morgan fingerprint density at radius 3 is 2.17 bits per heavy atom. The summed E-state index contributed by atoms with van der Waals surface area (Å²) in [4.78, 5) is 99.5. The highest BCUT2D eigenvalue weighted by molar-refractivity contribution is 7.97. The van der Waals surface area contributed by atoms with Crippen molar-refractivity contribution < 1.29 is 58.0 Å². The van der Waals surface area contributed by atoms with Gasteiger partial charge in [-0.1, -0.05) is 11.9 Å². The molecule has 15 N–H and O–H groups in total. The van der Waals surface area contributed by atoms with Crippen LogP contribution in [0.15, 0.2) is 24.3 Å². The second-order valence-electron chi connectivity index (χ2n) is 13.6. The molecule has 1 aliphatic rings. The van der Waals surface area contributed by atoms with Gasteiger partial charge in [-0.05, 0) is 62.8 Å². The average molecular weight is 855 g/mol. The van der Waals surface area contributed by atoms with Gasteiger partial charge in [0.15, 0.2) is 0 Å². The van der Waals surface area contributed by atoms with E-state index in [-0.39, 0.29) is 77.4 Å². The van der Waals surface area contributed by atoms with Gasteiger partial charge in [-0.15, -0.1) is 0 Å². The number of ether oxygens (including phenoxy) is 2. The molecule has 0 aliphatic heterocycles. The molecule has 0 aromatic heterocycles. The summed E-state index contributed by atoms with van der Waals surface area (Å²) < 4.78 is 10.6. The topological polar surface area (TPSA) is 358 Å². The van der Waals surface area contributed by atoms with Crippen molar-refractivity contribution in [1.82, 2.24) is 31.4 Å².